The van der Waals surface area contributed by atoms with Gasteiger partial charge in [-0.05, 0) is 24.1 Å². The van der Waals surface area contributed by atoms with Gasteiger partial charge in [0.1, 0.15) is 5.82 Å². The molecule has 0 aliphatic heterocycles. The quantitative estimate of drug-likeness (QED) is 0.827. The van der Waals surface area contributed by atoms with Crippen LogP contribution in [-0.4, -0.2) is 23.9 Å². The summed E-state index contributed by atoms with van der Waals surface area (Å²) in [5, 5.41) is 0. The number of nitrogens with two attached hydrogens (primary N) is 1. The van der Waals surface area contributed by atoms with Crippen molar-refractivity contribution in [3.63, 3.8) is 0 Å². The van der Waals surface area contributed by atoms with E-state index in [1.165, 1.54) is 12.1 Å². The number of amides is 1. The SMILES string of the molecule is CN(Cc1cccc(F)c1)C(=O)C1C=CC(N)C1. The third-order valence-corrected chi connectivity index (χ3v) is 3.12. The van der Waals surface area contributed by atoms with Crippen LogP contribution in [0, 0.1) is 11.7 Å². The van der Waals surface area contributed by atoms with E-state index in [9.17, 15) is 9.18 Å². The lowest BCUT2D eigenvalue weighted by atomic mass is 10.1. The standard InChI is InChI=1S/C14H17FN2O/c1-17(9-10-3-2-4-12(15)7-10)14(18)11-5-6-13(16)8-11/h2-7,11,13H,8-9,16H2,1H3. The Morgan fingerprint density at radius 2 is 2.28 bits per heavy atom. The summed E-state index contributed by atoms with van der Waals surface area (Å²) in [4.78, 5) is 13.7. The summed E-state index contributed by atoms with van der Waals surface area (Å²) in [6.07, 6.45) is 4.37. The van der Waals surface area contributed by atoms with Crippen LogP contribution in [0.4, 0.5) is 4.39 Å². The van der Waals surface area contributed by atoms with Gasteiger partial charge in [-0.15, -0.1) is 0 Å². The van der Waals surface area contributed by atoms with E-state index in [0.717, 1.165) is 5.56 Å². The first-order valence-corrected chi connectivity index (χ1v) is 5.99. The summed E-state index contributed by atoms with van der Waals surface area (Å²) >= 11 is 0. The average molecular weight is 248 g/mol. The summed E-state index contributed by atoms with van der Waals surface area (Å²) in [6.45, 7) is 0.413. The van der Waals surface area contributed by atoms with Crippen molar-refractivity contribution in [3.05, 3.63) is 47.8 Å². The van der Waals surface area contributed by atoms with Crippen LogP contribution in [0.25, 0.3) is 0 Å². The fourth-order valence-corrected chi connectivity index (χ4v) is 2.18. The smallest absolute Gasteiger partial charge is 0.229 e. The van der Waals surface area contributed by atoms with E-state index >= 15 is 0 Å². The maximum Gasteiger partial charge on any atom is 0.229 e. The molecule has 4 heteroatoms. The van der Waals surface area contributed by atoms with Gasteiger partial charge < -0.3 is 10.6 Å². The average Bonchev–Trinajstić information content (AvgIpc) is 2.75. The molecule has 96 valence electrons. The van der Waals surface area contributed by atoms with E-state index in [4.69, 9.17) is 5.73 Å². The number of benzene rings is 1. The monoisotopic (exact) mass is 248 g/mol. The Morgan fingerprint density at radius 1 is 1.50 bits per heavy atom. The van der Waals surface area contributed by atoms with Gasteiger partial charge in [0.15, 0.2) is 0 Å². The molecule has 2 N–H and O–H groups in total. The molecule has 0 saturated heterocycles. The van der Waals surface area contributed by atoms with E-state index in [0.29, 0.717) is 13.0 Å². The van der Waals surface area contributed by atoms with E-state index < -0.39 is 0 Å². The number of hydrogen-bond donors (Lipinski definition) is 1. The molecule has 2 unspecified atom stereocenters. The van der Waals surface area contributed by atoms with Crippen molar-refractivity contribution < 1.29 is 9.18 Å². The molecular weight excluding hydrogens is 231 g/mol. The molecule has 1 aromatic rings. The highest BCUT2D eigenvalue weighted by Gasteiger charge is 2.25. The molecule has 3 nitrogen and oxygen atoms in total. The lowest BCUT2D eigenvalue weighted by Crippen LogP contribution is -2.32. The van der Waals surface area contributed by atoms with E-state index in [1.807, 2.05) is 18.2 Å². The van der Waals surface area contributed by atoms with Gasteiger partial charge in [-0.2, -0.15) is 0 Å². The third-order valence-electron chi connectivity index (χ3n) is 3.12. The van der Waals surface area contributed by atoms with Crippen molar-refractivity contribution in [2.45, 2.75) is 19.0 Å². The van der Waals surface area contributed by atoms with Gasteiger partial charge in [0, 0.05) is 19.6 Å². The third kappa shape index (κ3) is 2.96. The van der Waals surface area contributed by atoms with Crippen molar-refractivity contribution in [1.82, 2.24) is 4.90 Å². The van der Waals surface area contributed by atoms with Crippen LogP contribution in [0.3, 0.4) is 0 Å². The van der Waals surface area contributed by atoms with E-state index in [2.05, 4.69) is 0 Å². The number of carbonyl (C=O) groups excluding carboxylic acids is 1. The van der Waals surface area contributed by atoms with Gasteiger partial charge in [-0.3, -0.25) is 4.79 Å². The Hall–Kier alpha value is -1.68. The van der Waals surface area contributed by atoms with Crippen molar-refractivity contribution in [2.24, 2.45) is 11.7 Å². The molecule has 18 heavy (non-hydrogen) atoms. The van der Waals surface area contributed by atoms with E-state index in [-0.39, 0.29) is 23.7 Å². The first-order valence-electron chi connectivity index (χ1n) is 5.99. The minimum Gasteiger partial charge on any atom is -0.341 e. The second kappa shape index (κ2) is 5.31. The van der Waals surface area contributed by atoms with Crippen LogP contribution in [0.2, 0.25) is 0 Å². The van der Waals surface area contributed by atoms with Crippen LogP contribution in [0.1, 0.15) is 12.0 Å². The van der Waals surface area contributed by atoms with Crippen LogP contribution in [0.15, 0.2) is 36.4 Å². The van der Waals surface area contributed by atoms with Crippen molar-refractivity contribution in [3.8, 4) is 0 Å². The second-order valence-electron chi connectivity index (χ2n) is 4.72. The Balaban J connectivity index is 1.97. The van der Waals surface area contributed by atoms with Crippen molar-refractivity contribution in [2.75, 3.05) is 7.05 Å². The van der Waals surface area contributed by atoms with Crippen molar-refractivity contribution in [1.29, 1.82) is 0 Å². The van der Waals surface area contributed by atoms with Gasteiger partial charge in [0.2, 0.25) is 5.91 Å². The summed E-state index contributed by atoms with van der Waals surface area (Å²) in [6, 6.07) is 6.27. The van der Waals surface area contributed by atoms with Gasteiger partial charge >= 0.3 is 0 Å². The molecule has 0 fully saturated rings. The van der Waals surface area contributed by atoms with Gasteiger partial charge in [0.05, 0.1) is 5.92 Å². The molecule has 1 aliphatic carbocycles. The predicted molar refractivity (Wildman–Crippen MR) is 68.1 cm³/mol. The number of halogens is 1. The molecule has 1 aromatic carbocycles. The topological polar surface area (TPSA) is 46.3 Å². The van der Waals surface area contributed by atoms with Crippen LogP contribution >= 0.6 is 0 Å². The predicted octanol–water partition coefficient (Wildman–Crippen LogP) is 1.69. The Labute approximate surface area is 106 Å². The highest BCUT2D eigenvalue weighted by Crippen LogP contribution is 2.19. The zero-order valence-corrected chi connectivity index (χ0v) is 10.3. The minimum atomic E-state index is -0.281. The molecule has 0 saturated carbocycles. The molecule has 1 aliphatic rings. The summed E-state index contributed by atoms with van der Waals surface area (Å²) in [7, 11) is 1.73. The Bertz CT molecular complexity index is 473. The molecular formula is C14H17FN2O. The highest BCUT2D eigenvalue weighted by atomic mass is 19.1. The lowest BCUT2D eigenvalue weighted by Gasteiger charge is -2.20. The first kappa shape index (κ1) is 12.8. The van der Waals surface area contributed by atoms with Crippen LogP contribution in [-0.2, 0) is 11.3 Å². The van der Waals surface area contributed by atoms with Gasteiger partial charge in [-0.1, -0.05) is 24.3 Å². The number of rotatable bonds is 3. The second-order valence-corrected chi connectivity index (χ2v) is 4.72. The first-order chi connectivity index (χ1) is 8.56. The molecule has 0 radical (unpaired) electrons. The molecule has 0 aromatic heterocycles. The Kier molecular flexibility index (Phi) is 3.77. The normalized spacial score (nSPS) is 22.2. The van der Waals surface area contributed by atoms with Crippen LogP contribution in [0.5, 0.6) is 0 Å². The highest BCUT2D eigenvalue weighted by molar-refractivity contribution is 5.81. The van der Waals surface area contributed by atoms with Gasteiger partial charge in [-0.25, -0.2) is 4.39 Å². The van der Waals surface area contributed by atoms with Gasteiger partial charge in [0.25, 0.3) is 0 Å². The molecule has 2 atom stereocenters. The molecule has 1 amide bonds. The van der Waals surface area contributed by atoms with E-state index in [1.54, 1.807) is 18.0 Å². The zero-order valence-electron chi connectivity index (χ0n) is 10.3. The fraction of sp³-hybridized carbons (Fsp3) is 0.357. The summed E-state index contributed by atoms with van der Waals surface area (Å²) < 4.78 is 13.0. The molecule has 2 rings (SSSR count). The summed E-state index contributed by atoms with van der Waals surface area (Å²) in [5.74, 6) is -0.391. The number of hydrogen-bond acceptors (Lipinski definition) is 2. The molecule has 0 heterocycles. The van der Waals surface area contributed by atoms with Crippen molar-refractivity contribution >= 4 is 5.91 Å². The fourth-order valence-electron chi connectivity index (χ4n) is 2.18. The number of nitrogens with zero attached hydrogens (tertiary/aromatic N) is 1. The maximum atomic E-state index is 13.0. The number of carbonyl (C=O) groups is 1. The minimum absolute atomic E-state index is 0.0264. The Morgan fingerprint density at radius 3 is 2.89 bits per heavy atom. The summed E-state index contributed by atoms with van der Waals surface area (Å²) in [5.41, 5.74) is 6.52. The molecule has 0 bridgehead atoms. The van der Waals surface area contributed by atoms with Crippen LogP contribution < -0.4 is 5.73 Å². The maximum absolute atomic E-state index is 13.0. The molecule has 0 spiro atoms. The lowest BCUT2D eigenvalue weighted by molar-refractivity contribution is -0.133. The largest absolute Gasteiger partial charge is 0.341 e. The zero-order chi connectivity index (χ0) is 13.1.